The highest BCUT2D eigenvalue weighted by Gasteiger charge is 2.40. The monoisotopic (exact) mass is 374 g/mol. The summed E-state index contributed by atoms with van der Waals surface area (Å²) < 4.78 is 23.8. The van der Waals surface area contributed by atoms with Gasteiger partial charge in [0.25, 0.3) is 0 Å². The van der Waals surface area contributed by atoms with Gasteiger partial charge < -0.3 is 0 Å². The van der Waals surface area contributed by atoms with Crippen molar-refractivity contribution < 1.29 is 18.0 Å². The Morgan fingerprint density at radius 3 is 2.65 bits per heavy atom. The molecule has 1 saturated carbocycles. The third kappa shape index (κ3) is 2.83. The van der Waals surface area contributed by atoms with E-state index in [9.17, 15) is 18.0 Å². The number of carbonyl (C=O) groups excluding carboxylic acids is 2. The van der Waals surface area contributed by atoms with Crippen LogP contribution >= 0.6 is 23.2 Å². The number of rotatable bonds is 2. The van der Waals surface area contributed by atoms with Crippen LogP contribution in [-0.4, -0.2) is 31.1 Å². The number of fused-ring (bicyclic) bond motifs is 1. The largest absolute Gasteiger partial charge is 0.299 e. The standard InChI is InChI=1S/C16H16Cl2O4S/c1-8-6-11(17)14(12(19)7-8)16(20)10-2-3-13-9(15(10)18)4-5-23(13,21)22/h2-3,8,11,14H,4-7H2,1H3. The van der Waals surface area contributed by atoms with Gasteiger partial charge in [-0.1, -0.05) is 18.5 Å². The van der Waals surface area contributed by atoms with E-state index in [1.165, 1.54) is 12.1 Å². The normalized spacial score (nSPS) is 29.3. The number of sulfone groups is 1. The maximum absolute atomic E-state index is 12.8. The molecule has 1 aliphatic heterocycles. The molecule has 0 radical (unpaired) electrons. The first-order valence-electron chi connectivity index (χ1n) is 7.47. The molecule has 23 heavy (non-hydrogen) atoms. The molecular formula is C16H16Cl2O4S. The molecule has 0 N–H and O–H groups in total. The molecule has 0 saturated heterocycles. The van der Waals surface area contributed by atoms with Crippen LogP contribution in [0.3, 0.4) is 0 Å². The molecule has 0 spiro atoms. The highest BCUT2D eigenvalue weighted by molar-refractivity contribution is 7.91. The fourth-order valence-electron chi connectivity index (χ4n) is 3.42. The second-order valence-electron chi connectivity index (χ2n) is 6.34. The van der Waals surface area contributed by atoms with Crippen LogP contribution in [0.5, 0.6) is 0 Å². The van der Waals surface area contributed by atoms with Crippen molar-refractivity contribution in [3.05, 3.63) is 28.3 Å². The second kappa shape index (κ2) is 5.87. The predicted octanol–water partition coefficient (Wildman–Crippen LogP) is 3.08. The van der Waals surface area contributed by atoms with E-state index in [2.05, 4.69) is 0 Å². The van der Waals surface area contributed by atoms with Gasteiger partial charge in [0.2, 0.25) is 0 Å². The summed E-state index contributed by atoms with van der Waals surface area (Å²) in [5, 5.41) is -0.407. The minimum atomic E-state index is -3.31. The predicted molar refractivity (Wildman–Crippen MR) is 88.1 cm³/mol. The first-order chi connectivity index (χ1) is 10.7. The van der Waals surface area contributed by atoms with Gasteiger partial charge in [0, 0.05) is 12.0 Å². The van der Waals surface area contributed by atoms with Gasteiger partial charge in [0.05, 0.1) is 27.0 Å². The van der Waals surface area contributed by atoms with Crippen LogP contribution in [0.25, 0.3) is 0 Å². The third-order valence-electron chi connectivity index (χ3n) is 4.59. The third-order valence-corrected chi connectivity index (χ3v) is 7.25. The first kappa shape index (κ1) is 16.9. The van der Waals surface area contributed by atoms with E-state index in [4.69, 9.17) is 23.2 Å². The van der Waals surface area contributed by atoms with Crippen LogP contribution in [0.15, 0.2) is 17.0 Å². The molecule has 0 amide bonds. The lowest BCUT2D eigenvalue weighted by Gasteiger charge is -2.29. The number of hydrogen-bond donors (Lipinski definition) is 0. The lowest BCUT2D eigenvalue weighted by atomic mass is 9.78. The summed E-state index contributed by atoms with van der Waals surface area (Å²) in [6, 6.07) is 2.82. The molecule has 3 unspecified atom stereocenters. The highest BCUT2D eigenvalue weighted by atomic mass is 35.5. The molecule has 1 aliphatic carbocycles. The lowest BCUT2D eigenvalue weighted by Crippen LogP contribution is -2.38. The van der Waals surface area contributed by atoms with Crippen LogP contribution in [0.2, 0.25) is 5.02 Å². The molecule has 3 rings (SSSR count). The van der Waals surface area contributed by atoms with Crippen molar-refractivity contribution in [2.45, 2.75) is 36.5 Å². The quantitative estimate of drug-likeness (QED) is 0.453. The smallest absolute Gasteiger partial charge is 0.179 e. The van der Waals surface area contributed by atoms with Crippen molar-refractivity contribution >= 4 is 44.6 Å². The van der Waals surface area contributed by atoms with Crippen LogP contribution in [0.1, 0.15) is 35.7 Å². The van der Waals surface area contributed by atoms with Gasteiger partial charge in [-0.2, -0.15) is 0 Å². The molecular weight excluding hydrogens is 359 g/mol. The number of benzene rings is 1. The van der Waals surface area contributed by atoms with Gasteiger partial charge in [0.1, 0.15) is 5.78 Å². The summed E-state index contributed by atoms with van der Waals surface area (Å²) in [6.07, 6.45) is 1.22. The molecule has 3 atom stereocenters. The van der Waals surface area contributed by atoms with Crippen molar-refractivity contribution in [3.8, 4) is 0 Å². The zero-order valence-corrected chi connectivity index (χ0v) is 14.8. The Kier molecular flexibility index (Phi) is 4.32. The maximum Gasteiger partial charge on any atom is 0.179 e. The van der Waals surface area contributed by atoms with E-state index in [1.54, 1.807) is 0 Å². The van der Waals surface area contributed by atoms with E-state index in [-0.39, 0.29) is 39.4 Å². The van der Waals surface area contributed by atoms with E-state index >= 15 is 0 Å². The molecule has 1 aromatic carbocycles. The second-order valence-corrected chi connectivity index (χ2v) is 9.36. The molecule has 0 aromatic heterocycles. The average Bonchev–Trinajstić information content (AvgIpc) is 2.74. The van der Waals surface area contributed by atoms with Crippen molar-refractivity contribution in [1.82, 2.24) is 0 Å². The molecule has 0 bridgehead atoms. The summed E-state index contributed by atoms with van der Waals surface area (Å²) in [5.41, 5.74) is 0.668. The molecule has 1 aromatic rings. The summed E-state index contributed by atoms with van der Waals surface area (Å²) in [7, 11) is -3.31. The molecule has 7 heteroatoms. The molecule has 1 fully saturated rings. The fourth-order valence-corrected chi connectivity index (χ4v) is 5.93. The van der Waals surface area contributed by atoms with Gasteiger partial charge in [-0.05, 0) is 36.5 Å². The van der Waals surface area contributed by atoms with Crippen LogP contribution in [0.4, 0.5) is 0 Å². The topological polar surface area (TPSA) is 68.3 Å². The van der Waals surface area contributed by atoms with Crippen LogP contribution < -0.4 is 0 Å². The first-order valence-corrected chi connectivity index (χ1v) is 9.94. The van der Waals surface area contributed by atoms with Crippen molar-refractivity contribution in [2.75, 3.05) is 5.75 Å². The number of Topliss-reactive ketones (excluding diaryl/α,β-unsaturated/α-hetero) is 2. The number of hydrogen-bond acceptors (Lipinski definition) is 4. The number of carbonyl (C=O) groups is 2. The van der Waals surface area contributed by atoms with Gasteiger partial charge in [-0.25, -0.2) is 8.42 Å². The van der Waals surface area contributed by atoms with Crippen LogP contribution in [0, 0.1) is 11.8 Å². The number of ketones is 2. The zero-order chi connectivity index (χ0) is 16.9. The van der Waals surface area contributed by atoms with Gasteiger partial charge >= 0.3 is 0 Å². The summed E-state index contributed by atoms with van der Waals surface area (Å²) in [4.78, 5) is 25.2. The fraction of sp³-hybridized carbons (Fsp3) is 0.500. The van der Waals surface area contributed by atoms with Gasteiger partial charge in [-0.3, -0.25) is 9.59 Å². The lowest BCUT2D eigenvalue weighted by molar-refractivity contribution is -0.123. The Labute approximate surface area is 145 Å². The Morgan fingerprint density at radius 2 is 2.00 bits per heavy atom. The molecule has 1 heterocycles. The zero-order valence-electron chi connectivity index (χ0n) is 12.5. The van der Waals surface area contributed by atoms with Crippen molar-refractivity contribution in [2.24, 2.45) is 11.8 Å². The average molecular weight is 375 g/mol. The van der Waals surface area contributed by atoms with Crippen molar-refractivity contribution in [1.29, 1.82) is 0 Å². The Hall–Kier alpha value is -0.910. The number of alkyl halides is 1. The van der Waals surface area contributed by atoms with E-state index in [0.717, 1.165) is 0 Å². The van der Waals surface area contributed by atoms with Gasteiger partial charge in [-0.15, -0.1) is 11.6 Å². The number of halogens is 2. The summed E-state index contributed by atoms with van der Waals surface area (Å²) in [6.45, 7) is 1.93. The van der Waals surface area contributed by atoms with Crippen molar-refractivity contribution in [3.63, 3.8) is 0 Å². The summed E-state index contributed by atoms with van der Waals surface area (Å²) in [5.74, 6) is -1.31. The van der Waals surface area contributed by atoms with E-state index < -0.39 is 26.9 Å². The maximum atomic E-state index is 12.8. The Morgan fingerprint density at radius 1 is 1.30 bits per heavy atom. The highest BCUT2D eigenvalue weighted by Crippen LogP contribution is 2.38. The summed E-state index contributed by atoms with van der Waals surface area (Å²) >= 11 is 12.5. The Bertz CT molecular complexity index is 801. The molecule has 4 nitrogen and oxygen atoms in total. The van der Waals surface area contributed by atoms with E-state index in [0.29, 0.717) is 18.4 Å². The minimum absolute atomic E-state index is 0.00228. The van der Waals surface area contributed by atoms with Gasteiger partial charge in [0.15, 0.2) is 15.6 Å². The SMILES string of the molecule is CC1CC(=O)C(C(=O)c2ccc3c(c2Cl)CCS3(=O)=O)C(Cl)C1. The Balaban J connectivity index is 2.00. The molecule has 124 valence electrons. The van der Waals surface area contributed by atoms with E-state index in [1.807, 2.05) is 6.92 Å². The molecule has 2 aliphatic rings. The minimum Gasteiger partial charge on any atom is -0.299 e. The van der Waals surface area contributed by atoms with Crippen LogP contribution in [-0.2, 0) is 21.1 Å².